The van der Waals surface area contributed by atoms with Gasteiger partial charge >= 0.3 is 0 Å². The number of hydrogen-bond acceptors (Lipinski definition) is 3. The smallest absolute Gasteiger partial charge is 0.251 e. The van der Waals surface area contributed by atoms with Crippen LogP contribution in [0.1, 0.15) is 6.42 Å². The molecule has 0 spiro atoms. The molecule has 3 nitrogen and oxygen atoms in total. The summed E-state index contributed by atoms with van der Waals surface area (Å²) in [7, 11) is 0. The third-order valence-electron chi connectivity index (χ3n) is 3.39. The van der Waals surface area contributed by atoms with Gasteiger partial charge in [0.15, 0.2) is 0 Å². The zero-order chi connectivity index (χ0) is 11.4. The molecule has 2 heterocycles. The van der Waals surface area contributed by atoms with Crippen LogP contribution < -0.4 is 0 Å². The highest BCUT2D eigenvalue weighted by Gasteiger charge is 2.26. The van der Waals surface area contributed by atoms with Crippen LogP contribution in [0.4, 0.5) is 8.78 Å². The van der Waals surface area contributed by atoms with E-state index in [0.717, 1.165) is 52.4 Å². The first-order valence-electron chi connectivity index (χ1n) is 6.04. The summed E-state index contributed by atoms with van der Waals surface area (Å²) < 4.78 is 29.7. The van der Waals surface area contributed by atoms with E-state index >= 15 is 0 Å². The van der Waals surface area contributed by atoms with Crippen LogP contribution in [0.5, 0.6) is 0 Å². The normalized spacial score (nSPS) is 29.1. The maximum Gasteiger partial charge on any atom is 0.251 e. The second kappa shape index (κ2) is 5.89. The summed E-state index contributed by atoms with van der Waals surface area (Å²) in [6.07, 6.45) is -1.13. The van der Waals surface area contributed by atoms with Gasteiger partial charge in [-0.2, -0.15) is 0 Å². The summed E-state index contributed by atoms with van der Waals surface area (Å²) in [4.78, 5) is 4.27. The minimum atomic E-state index is -2.19. The zero-order valence-corrected chi connectivity index (χ0v) is 9.58. The SMILES string of the molecule is FC(F)CN1CCC(CN2CCOCC2)C1. The van der Waals surface area contributed by atoms with Crippen molar-refractivity contribution in [3.63, 3.8) is 0 Å². The van der Waals surface area contributed by atoms with E-state index in [1.54, 1.807) is 0 Å². The molecule has 2 saturated heterocycles. The average molecular weight is 234 g/mol. The third kappa shape index (κ3) is 3.64. The van der Waals surface area contributed by atoms with Crippen molar-refractivity contribution < 1.29 is 13.5 Å². The van der Waals surface area contributed by atoms with E-state index in [0.29, 0.717) is 5.92 Å². The molecule has 94 valence electrons. The molecule has 0 amide bonds. The zero-order valence-electron chi connectivity index (χ0n) is 9.58. The Labute approximate surface area is 95.3 Å². The Kier molecular flexibility index (Phi) is 4.49. The minimum absolute atomic E-state index is 0.0559. The van der Waals surface area contributed by atoms with Gasteiger partial charge in [0.1, 0.15) is 0 Å². The average Bonchev–Trinajstić information content (AvgIpc) is 2.66. The number of nitrogens with zero attached hydrogens (tertiary/aromatic N) is 2. The molecule has 0 bridgehead atoms. The van der Waals surface area contributed by atoms with Crippen LogP contribution in [-0.4, -0.2) is 68.7 Å². The summed E-state index contributed by atoms with van der Waals surface area (Å²) in [6, 6.07) is 0. The number of likely N-dealkylation sites (tertiary alicyclic amines) is 1. The quantitative estimate of drug-likeness (QED) is 0.719. The second-order valence-electron chi connectivity index (χ2n) is 4.72. The van der Waals surface area contributed by atoms with Crippen LogP contribution in [0, 0.1) is 5.92 Å². The summed E-state index contributed by atoms with van der Waals surface area (Å²) in [5.74, 6) is 0.567. The molecule has 0 aromatic heterocycles. The molecule has 2 rings (SSSR count). The van der Waals surface area contributed by atoms with E-state index in [2.05, 4.69) is 4.90 Å². The van der Waals surface area contributed by atoms with Crippen LogP contribution in [0.25, 0.3) is 0 Å². The molecule has 0 N–H and O–H groups in total. The Morgan fingerprint density at radius 3 is 2.56 bits per heavy atom. The number of rotatable bonds is 4. The van der Waals surface area contributed by atoms with Crippen molar-refractivity contribution in [1.82, 2.24) is 9.80 Å². The van der Waals surface area contributed by atoms with Gasteiger partial charge in [0, 0.05) is 26.2 Å². The fourth-order valence-electron chi connectivity index (χ4n) is 2.57. The van der Waals surface area contributed by atoms with Crippen molar-refractivity contribution in [2.75, 3.05) is 52.5 Å². The van der Waals surface area contributed by atoms with Gasteiger partial charge in [-0.3, -0.25) is 9.80 Å². The van der Waals surface area contributed by atoms with E-state index in [1.165, 1.54) is 0 Å². The van der Waals surface area contributed by atoms with E-state index in [9.17, 15) is 8.78 Å². The molecule has 16 heavy (non-hydrogen) atoms. The van der Waals surface area contributed by atoms with Crippen LogP contribution in [0.3, 0.4) is 0 Å². The largest absolute Gasteiger partial charge is 0.379 e. The first-order valence-corrected chi connectivity index (χ1v) is 6.04. The molecule has 2 fully saturated rings. The topological polar surface area (TPSA) is 15.7 Å². The number of morpholine rings is 1. The van der Waals surface area contributed by atoms with Gasteiger partial charge in [0.05, 0.1) is 19.8 Å². The lowest BCUT2D eigenvalue weighted by Gasteiger charge is -2.29. The van der Waals surface area contributed by atoms with Gasteiger partial charge in [0.2, 0.25) is 0 Å². The van der Waals surface area contributed by atoms with Crippen molar-refractivity contribution in [2.24, 2.45) is 5.92 Å². The number of halogens is 2. The van der Waals surface area contributed by atoms with E-state index in [-0.39, 0.29) is 6.54 Å². The van der Waals surface area contributed by atoms with E-state index < -0.39 is 6.43 Å². The Morgan fingerprint density at radius 2 is 1.88 bits per heavy atom. The number of alkyl halides is 2. The Hall–Kier alpha value is -0.260. The third-order valence-corrected chi connectivity index (χ3v) is 3.39. The maximum atomic E-state index is 12.2. The first-order chi connectivity index (χ1) is 7.74. The lowest BCUT2D eigenvalue weighted by Crippen LogP contribution is -2.40. The fourth-order valence-corrected chi connectivity index (χ4v) is 2.57. The predicted molar refractivity (Wildman–Crippen MR) is 57.8 cm³/mol. The fraction of sp³-hybridized carbons (Fsp3) is 1.00. The molecular formula is C11H20F2N2O. The maximum absolute atomic E-state index is 12.2. The van der Waals surface area contributed by atoms with Crippen LogP contribution in [0.2, 0.25) is 0 Å². The Balaban J connectivity index is 1.67. The van der Waals surface area contributed by atoms with Gasteiger partial charge in [-0.25, -0.2) is 8.78 Å². The molecule has 0 aromatic carbocycles. The van der Waals surface area contributed by atoms with Crippen molar-refractivity contribution in [2.45, 2.75) is 12.8 Å². The van der Waals surface area contributed by atoms with Gasteiger partial charge in [-0.15, -0.1) is 0 Å². The first kappa shape index (κ1) is 12.2. The molecule has 0 aliphatic carbocycles. The monoisotopic (exact) mass is 234 g/mol. The van der Waals surface area contributed by atoms with Crippen LogP contribution in [0.15, 0.2) is 0 Å². The van der Waals surface area contributed by atoms with Crippen molar-refractivity contribution in [3.05, 3.63) is 0 Å². The molecule has 5 heteroatoms. The summed E-state index contributed by atoms with van der Waals surface area (Å²) >= 11 is 0. The number of ether oxygens (including phenoxy) is 1. The van der Waals surface area contributed by atoms with Crippen molar-refractivity contribution >= 4 is 0 Å². The molecule has 0 radical (unpaired) electrons. The molecule has 2 aliphatic rings. The highest BCUT2D eigenvalue weighted by Crippen LogP contribution is 2.18. The predicted octanol–water partition coefficient (Wildman–Crippen LogP) is 0.906. The summed E-state index contributed by atoms with van der Waals surface area (Å²) in [6.45, 7) is 6.27. The Bertz CT molecular complexity index is 210. The van der Waals surface area contributed by atoms with Crippen molar-refractivity contribution in [1.29, 1.82) is 0 Å². The Morgan fingerprint density at radius 1 is 1.12 bits per heavy atom. The van der Waals surface area contributed by atoms with E-state index in [4.69, 9.17) is 4.74 Å². The van der Waals surface area contributed by atoms with Crippen LogP contribution >= 0.6 is 0 Å². The molecule has 2 aliphatic heterocycles. The van der Waals surface area contributed by atoms with Gasteiger partial charge in [-0.05, 0) is 18.9 Å². The lowest BCUT2D eigenvalue weighted by molar-refractivity contribution is 0.0305. The highest BCUT2D eigenvalue weighted by molar-refractivity contribution is 4.79. The summed E-state index contributed by atoms with van der Waals surface area (Å²) in [5.41, 5.74) is 0. The molecule has 1 atom stereocenters. The second-order valence-corrected chi connectivity index (χ2v) is 4.72. The van der Waals surface area contributed by atoms with Crippen LogP contribution in [-0.2, 0) is 4.74 Å². The minimum Gasteiger partial charge on any atom is -0.379 e. The van der Waals surface area contributed by atoms with Gasteiger partial charge in [0.25, 0.3) is 6.43 Å². The van der Waals surface area contributed by atoms with Gasteiger partial charge < -0.3 is 4.74 Å². The molecule has 0 aromatic rings. The summed E-state index contributed by atoms with van der Waals surface area (Å²) in [5, 5.41) is 0. The van der Waals surface area contributed by atoms with Gasteiger partial charge in [-0.1, -0.05) is 0 Å². The molecule has 0 saturated carbocycles. The van der Waals surface area contributed by atoms with Crippen molar-refractivity contribution in [3.8, 4) is 0 Å². The molecule has 1 unspecified atom stereocenters. The lowest BCUT2D eigenvalue weighted by atomic mass is 10.1. The number of hydrogen-bond donors (Lipinski definition) is 0. The highest BCUT2D eigenvalue weighted by atomic mass is 19.3. The molecular weight excluding hydrogens is 214 g/mol. The standard InChI is InChI=1S/C11H20F2N2O/c12-11(13)9-15-2-1-10(8-15)7-14-3-5-16-6-4-14/h10-11H,1-9H2. The van der Waals surface area contributed by atoms with E-state index in [1.807, 2.05) is 4.90 Å².